The highest BCUT2D eigenvalue weighted by Gasteiger charge is 2.54. The fourth-order valence-corrected chi connectivity index (χ4v) is 7.39. The third kappa shape index (κ3) is 8.30. The number of aliphatic imine (C=N–C) groups is 1. The van der Waals surface area contributed by atoms with Crippen molar-refractivity contribution in [3.05, 3.63) is 100 Å². The number of amides is 1. The van der Waals surface area contributed by atoms with Crippen molar-refractivity contribution in [3.63, 3.8) is 0 Å². The fraction of sp³-hybridized carbons (Fsp3) is 0.412. The Labute approximate surface area is 274 Å². The van der Waals surface area contributed by atoms with Crippen molar-refractivity contribution in [1.82, 2.24) is 10.9 Å². The Balaban J connectivity index is 1.54. The first kappa shape index (κ1) is 33.9. The number of carbonyl (C=O) groups excluding carboxylic acids is 1. The molecule has 1 aliphatic heterocycles. The zero-order valence-electron chi connectivity index (χ0n) is 26.1. The van der Waals surface area contributed by atoms with Gasteiger partial charge < -0.3 is 14.6 Å². The first-order chi connectivity index (χ1) is 22.9. The second-order valence-electron chi connectivity index (χ2n) is 11.8. The highest BCUT2D eigenvalue weighted by Crippen LogP contribution is 2.45. The molecule has 0 unspecified atom stereocenters. The van der Waals surface area contributed by atoms with Crippen molar-refractivity contribution < 1.29 is 27.8 Å². The summed E-state index contributed by atoms with van der Waals surface area (Å²) in [6.07, 6.45) is 4.78. The van der Waals surface area contributed by atoms with Crippen LogP contribution in [0, 0.1) is 5.92 Å². The van der Waals surface area contributed by atoms with E-state index in [1.165, 1.54) is 18.6 Å². The second kappa shape index (κ2) is 15.9. The largest absolute Gasteiger partial charge is 0.494 e. The summed E-state index contributed by atoms with van der Waals surface area (Å²) in [6, 6.07) is 21.7. The zero-order valence-corrected chi connectivity index (χ0v) is 26.9. The summed E-state index contributed by atoms with van der Waals surface area (Å²) in [7, 11) is -3.82. The minimum atomic E-state index is -3.82. The van der Waals surface area contributed by atoms with Crippen molar-refractivity contribution in [2.45, 2.75) is 61.5 Å². The van der Waals surface area contributed by atoms with Crippen molar-refractivity contribution >= 4 is 27.3 Å². The predicted octanol–water partition coefficient (Wildman–Crippen LogP) is 5.71. The maximum absolute atomic E-state index is 14.4. The number of hydrogen-bond acceptors (Lipinski definition) is 9. The van der Waals surface area contributed by atoms with Gasteiger partial charge in [-0.15, -0.1) is 0 Å². The van der Waals surface area contributed by atoms with Gasteiger partial charge in [0.05, 0.1) is 17.3 Å². The van der Waals surface area contributed by atoms with Crippen LogP contribution in [0.3, 0.4) is 0 Å². The lowest BCUT2D eigenvalue weighted by Gasteiger charge is -2.31. The van der Waals surface area contributed by atoms with Gasteiger partial charge in [-0.05, 0) is 60.7 Å². The molecular formula is C34H40N6O6S. The van der Waals surface area contributed by atoms with Crippen LogP contribution in [0.4, 0.5) is 5.69 Å². The van der Waals surface area contributed by atoms with E-state index in [1.807, 2.05) is 0 Å². The molecule has 5 rings (SSSR count). The minimum absolute atomic E-state index is 0.0150. The lowest BCUT2D eigenvalue weighted by Crippen LogP contribution is -2.54. The molecule has 0 radical (unpaired) electrons. The lowest BCUT2D eigenvalue weighted by molar-refractivity contribution is -0.130. The van der Waals surface area contributed by atoms with Crippen molar-refractivity contribution in [2.24, 2.45) is 16.0 Å². The van der Waals surface area contributed by atoms with Gasteiger partial charge in [0.2, 0.25) is 5.90 Å². The summed E-state index contributed by atoms with van der Waals surface area (Å²) in [6.45, 7) is 0.930. The molecule has 2 aliphatic rings. The van der Waals surface area contributed by atoms with E-state index in [0.29, 0.717) is 42.4 Å². The van der Waals surface area contributed by atoms with Gasteiger partial charge in [-0.25, -0.2) is 18.8 Å². The van der Waals surface area contributed by atoms with Crippen LogP contribution in [0.25, 0.3) is 10.4 Å². The monoisotopic (exact) mass is 660 g/mol. The van der Waals surface area contributed by atoms with Gasteiger partial charge >= 0.3 is 0 Å². The molecule has 12 nitrogen and oxygen atoms in total. The number of nitrogens with zero attached hydrogens (tertiary/aromatic N) is 4. The van der Waals surface area contributed by atoms with Gasteiger partial charge in [0, 0.05) is 47.7 Å². The number of ether oxygens (including phenoxy) is 2. The highest BCUT2D eigenvalue weighted by atomic mass is 32.2. The number of benzene rings is 3. The van der Waals surface area contributed by atoms with Gasteiger partial charge in [0.25, 0.3) is 5.91 Å². The summed E-state index contributed by atoms with van der Waals surface area (Å²) in [5.41, 5.74) is 14.7. The van der Waals surface area contributed by atoms with Crippen molar-refractivity contribution in [1.29, 1.82) is 0 Å². The summed E-state index contributed by atoms with van der Waals surface area (Å²) in [4.78, 5) is 22.4. The SMILES string of the molecule is [N-]=[N+]=Nc1ccccc1[C@@H]1OC(c2ccc(OCCCO)cc2)=N[C@]1(CCS(=O)(=O)c1ccccc1)C(=O)NNCC1CCCCC1. The van der Waals surface area contributed by atoms with Gasteiger partial charge in [0.15, 0.2) is 21.5 Å². The van der Waals surface area contributed by atoms with Crippen molar-refractivity contribution in [2.75, 3.05) is 25.5 Å². The summed E-state index contributed by atoms with van der Waals surface area (Å²) in [5.74, 6) is 0.168. The van der Waals surface area contributed by atoms with E-state index in [-0.39, 0.29) is 29.5 Å². The molecule has 47 heavy (non-hydrogen) atoms. The number of hydrogen-bond donors (Lipinski definition) is 3. The summed E-state index contributed by atoms with van der Waals surface area (Å²) >= 11 is 0. The smallest absolute Gasteiger partial charge is 0.266 e. The van der Waals surface area contributed by atoms with Crippen LogP contribution in [0.2, 0.25) is 0 Å². The fourth-order valence-electron chi connectivity index (χ4n) is 6.01. The number of azide groups is 1. The van der Waals surface area contributed by atoms with Gasteiger partial charge in [-0.2, -0.15) is 0 Å². The number of sulfone groups is 1. The van der Waals surface area contributed by atoms with Crippen LogP contribution >= 0.6 is 0 Å². The molecule has 2 atom stereocenters. The summed E-state index contributed by atoms with van der Waals surface area (Å²) < 4.78 is 39.2. The lowest BCUT2D eigenvalue weighted by atomic mass is 9.84. The van der Waals surface area contributed by atoms with Gasteiger partial charge in [0.1, 0.15) is 5.75 Å². The van der Waals surface area contributed by atoms with E-state index in [4.69, 9.17) is 19.6 Å². The van der Waals surface area contributed by atoms with Gasteiger partial charge in [-0.1, -0.05) is 66.8 Å². The number of hydrazine groups is 1. The molecule has 0 saturated heterocycles. The van der Waals surface area contributed by atoms with Crippen LogP contribution in [-0.4, -0.2) is 56.4 Å². The minimum Gasteiger partial charge on any atom is -0.494 e. The molecule has 3 aromatic rings. The van der Waals surface area contributed by atoms with E-state index in [1.54, 1.807) is 66.7 Å². The van der Waals surface area contributed by atoms with E-state index in [2.05, 4.69) is 20.9 Å². The van der Waals surface area contributed by atoms with E-state index in [0.717, 1.165) is 25.7 Å². The van der Waals surface area contributed by atoms with Crippen LogP contribution in [-0.2, 0) is 19.4 Å². The topological polar surface area (TPSA) is 175 Å². The maximum Gasteiger partial charge on any atom is 0.266 e. The van der Waals surface area contributed by atoms with Crippen LogP contribution in [0.15, 0.2) is 93.9 Å². The molecule has 3 N–H and O–H groups in total. The standard InChI is InChI=1S/C34H40N6O6S/c35-40-38-30-15-8-7-14-29(30)31-34(20-23-47(43,44)28-12-5-2-6-13-28,33(42)39-36-24-25-10-3-1-4-11-25)37-32(46-31)26-16-18-27(19-17-26)45-22-9-21-41/h2,5-8,12-19,25,31,36,41H,1,3-4,9-11,20-24H2,(H,39,42)/t31-,34-/m0/s1. The average molecular weight is 661 g/mol. The molecule has 1 amide bonds. The van der Waals surface area contributed by atoms with Crippen LogP contribution < -0.4 is 15.6 Å². The molecule has 0 bridgehead atoms. The Bertz CT molecular complexity index is 1690. The molecule has 1 fully saturated rings. The molecule has 0 aromatic heterocycles. The molecule has 1 aliphatic carbocycles. The molecule has 13 heteroatoms. The maximum atomic E-state index is 14.4. The first-order valence-electron chi connectivity index (χ1n) is 15.9. The normalized spacial score (nSPS) is 19.7. The molecule has 1 heterocycles. The molecule has 248 valence electrons. The second-order valence-corrected chi connectivity index (χ2v) is 13.9. The molecule has 3 aromatic carbocycles. The third-order valence-electron chi connectivity index (χ3n) is 8.57. The number of aliphatic hydroxyl groups excluding tert-OH is 1. The Morgan fingerprint density at radius 1 is 1.04 bits per heavy atom. The Morgan fingerprint density at radius 3 is 2.49 bits per heavy atom. The van der Waals surface area contributed by atoms with Crippen molar-refractivity contribution in [3.8, 4) is 5.75 Å². The van der Waals surface area contributed by atoms with E-state index >= 15 is 0 Å². The zero-order chi connectivity index (χ0) is 33.1. The molecular weight excluding hydrogens is 620 g/mol. The highest BCUT2D eigenvalue weighted by molar-refractivity contribution is 7.91. The number of aliphatic hydroxyl groups is 1. The quantitative estimate of drug-likeness (QED) is 0.0615. The number of nitrogens with one attached hydrogen (secondary N) is 2. The van der Waals surface area contributed by atoms with Crippen LogP contribution in [0.5, 0.6) is 5.75 Å². The molecule has 0 spiro atoms. The summed E-state index contributed by atoms with van der Waals surface area (Å²) in [5, 5.41) is 12.9. The number of rotatable bonds is 15. The first-order valence-corrected chi connectivity index (χ1v) is 17.6. The predicted molar refractivity (Wildman–Crippen MR) is 178 cm³/mol. The van der Waals surface area contributed by atoms with Gasteiger partial charge in [-0.3, -0.25) is 10.2 Å². The van der Waals surface area contributed by atoms with Crippen LogP contribution in [0.1, 0.15) is 62.2 Å². The Morgan fingerprint density at radius 2 is 1.77 bits per heavy atom. The molecule has 1 saturated carbocycles. The Kier molecular flexibility index (Phi) is 11.5. The third-order valence-corrected chi connectivity index (χ3v) is 10.3. The Hall–Kier alpha value is -4.42. The number of carbonyl (C=O) groups is 1. The van der Waals surface area contributed by atoms with E-state index in [9.17, 15) is 18.7 Å². The average Bonchev–Trinajstić information content (AvgIpc) is 3.50. The van der Waals surface area contributed by atoms with E-state index < -0.39 is 33.1 Å².